The van der Waals surface area contributed by atoms with Crippen LogP contribution in [0.5, 0.6) is 0 Å². The Kier molecular flexibility index (Phi) is 11.2. The van der Waals surface area contributed by atoms with Crippen molar-refractivity contribution >= 4 is 24.0 Å². The van der Waals surface area contributed by atoms with Gasteiger partial charge in [0.2, 0.25) is 0 Å². The molecule has 0 bridgehead atoms. The third-order valence-electron chi connectivity index (χ3n) is 5.82. The molecule has 0 radical (unpaired) electrons. The van der Waals surface area contributed by atoms with Gasteiger partial charge in [-0.1, -0.05) is 90.9 Å². The summed E-state index contributed by atoms with van der Waals surface area (Å²) in [5.41, 5.74) is 5.51. The van der Waals surface area contributed by atoms with Gasteiger partial charge in [-0.25, -0.2) is 0 Å². The molecule has 0 saturated heterocycles. The molecular formula is C30H33Cl2PTi. The first-order valence-corrected chi connectivity index (χ1v) is 12.5. The van der Waals surface area contributed by atoms with Gasteiger partial charge in [0.1, 0.15) is 0 Å². The molecule has 0 aromatic heterocycles. The summed E-state index contributed by atoms with van der Waals surface area (Å²) in [6.07, 6.45) is 1.05. The first-order valence-electron chi connectivity index (χ1n) is 11.2. The van der Waals surface area contributed by atoms with E-state index >= 15 is 0 Å². The summed E-state index contributed by atoms with van der Waals surface area (Å²) < 4.78 is 0. The van der Waals surface area contributed by atoms with Crippen LogP contribution in [0.15, 0.2) is 78.9 Å². The predicted octanol–water partition coefficient (Wildman–Crippen LogP) is 2.33. The van der Waals surface area contributed by atoms with Crippen molar-refractivity contribution in [3.63, 3.8) is 0 Å². The molecule has 1 aliphatic rings. The van der Waals surface area contributed by atoms with Crippen LogP contribution in [-0.4, -0.2) is 10.3 Å². The van der Waals surface area contributed by atoms with Crippen LogP contribution in [0.4, 0.5) is 0 Å². The molecule has 0 N–H and O–H groups in total. The summed E-state index contributed by atoms with van der Waals surface area (Å²) in [4.78, 5) is 0. The molecule has 4 heteroatoms. The van der Waals surface area contributed by atoms with Crippen molar-refractivity contribution in [1.29, 1.82) is 0 Å². The molecule has 4 aromatic carbocycles. The average molecular weight is 543 g/mol. The number of rotatable bonds is 1. The Morgan fingerprint density at radius 2 is 1.35 bits per heavy atom. The fourth-order valence-corrected chi connectivity index (χ4v) is 9.14. The second-order valence-corrected chi connectivity index (χ2v) is 14.3. The molecule has 34 heavy (non-hydrogen) atoms. The van der Waals surface area contributed by atoms with Crippen molar-refractivity contribution < 1.29 is 46.5 Å². The largest absolute Gasteiger partial charge is 4.00 e. The predicted molar refractivity (Wildman–Crippen MR) is 139 cm³/mol. The molecule has 0 heterocycles. The Bertz CT molecular complexity index is 1110. The van der Waals surface area contributed by atoms with Crippen LogP contribution in [0, 0.1) is 6.07 Å². The maximum Gasteiger partial charge on any atom is 4.00 e. The zero-order valence-corrected chi connectivity index (χ0v) is 24.9. The maximum absolute atomic E-state index is 3.30. The number of benzene rings is 3. The van der Waals surface area contributed by atoms with Gasteiger partial charge in [-0.05, 0) is 16.7 Å². The zero-order valence-electron chi connectivity index (χ0n) is 20.9. The van der Waals surface area contributed by atoms with E-state index in [0.717, 1.165) is 6.42 Å². The minimum Gasteiger partial charge on any atom is -1.00 e. The van der Waals surface area contributed by atoms with Crippen LogP contribution in [0.25, 0.3) is 21.9 Å². The molecule has 0 spiro atoms. The number of hydrogen-bond donors (Lipinski definition) is 0. The summed E-state index contributed by atoms with van der Waals surface area (Å²) in [5.74, 6) is 0. The van der Waals surface area contributed by atoms with E-state index in [1.165, 1.54) is 33.0 Å². The molecule has 0 atom stereocenters. The molecule has 0 aliphatic heterocycles. The van der Waals surface area contributed by atoms with E-state index < -0.39 is 0 Å². The molecule has 5 rings (SSSR count). The molecule has 0 amide bonds. The van der Waals surface area contributed by atoms with E-state index in [1.807, 2.05) is 6.07 Å². The first kappa shape index (κ1) is 31.0. The standard InChI is InChI=1S/C17H24P.C13H9.2ClH.Ti/c1-16(2,3)18(17(4,5)6)15-11-13-9-7-8-10-14(13)12-15;1-3-7-12-10(5-1)9-11-6-2-4-8-13(11)12;;;/h7-12H,1-6H3;1-5,7-8H,9H2;2*1H;/q2*-1;;;+4/p-2. The van der Waals surface area contributed by atoms with E-state index in [0.29, 0.717) is 10.3 Å². The normalized spacial score (nSPS) is 11.9. The van der Waals surface area contributed by atoms with Gasteiger partial charge >= 0.3 is 21.7 Å². The van der Waals surface area contributed by atoms with Crippen LogP contribution in [0.1, 0.15) is 52.7 Å². The molecule has 0 fully saturated rings. The second kappa shape index (κ2) is 12.3. The number of fused-ring (bicyclic) bond motifs is 4. The Morgan fingerprint density at radius 3 is 2.00 bits per heavy atom. The van der Waals surface area contributed by atoms with E-state index in [4.69, 9.17) is 0 Å². The van der Waals surface area contributed by atoms with Crippen molar-refractivity contribution in [3.05, 3.63) is 96.1 Å². The average Bonchev–Trinajstić information content (AvgIpc) is 3.27. The Labute approximate surface area is 234 Å². The van der Waals surface area contributed by atoms with Gasteiger partial charge in [-0.15, -0.1) is 45.9 Å². The third kappa shape index (κ3) is 6.81. The Hall–Kier alpha value is -1.01. The van der Waals surface area contributed by atoms with Gasteiger partial charge in [0, 0.05) is 0 Å². The van der Waals surface area contributed by atoms with Crippen LogP contribution < -0.4 is 30.1 Å². The number of halogens is 2. The summed E-state index contributed by atoms with van der Waals surface area (Å²) in [5, 5.41) is 5.00. The summed E-state index contributed by atoms with van der Waals surface area (Å²) in [6, 6.07) is 31.6. The molecule has 0 saturated carbocycles. The van der Waals surface area contributed by atoms with Crippen molar-refractivity contribution in [3.8, 4) is 11.1 Å². The molecule has 0 unspecified atom stereocenters. The summed E-state index contributed by atoms with van der Waals surface area (Å²) >= 11 is 0. The van der Waals surface area contributed by atoms with Gasteiger partial charge in [-0.3, -0.25) is 0 Å². The van der Waals surface area contributed by atoms with E-state index in [1.54, 1.807) is 5.30 Å². The maximum atomic E-state index is 3.30. The molecule has 4 aromatic rings. The topological polar surface area (TPSA) is 0 Å². The van der Waals surface area contributed by atoms with Crippen molar-refractivity contribution in [2.45, 2.75) is 58.3 Å². The van der Waals surface area contributed by atoms with Gasteiger partial charge < -0.3 is 24.8 Å². The van der Waals surface area contributed by atoms with Gasteiger partial charge in [0.25, 0.3) is 0 Å². The summed E-state index contributed by atoms with van der Waals surface area (Å²) in [7, 11) is -0.185. The zero-order chi connectivity index (χ0) is 22.2. The minimum absolute atomic E-state index is 0. The Morgan fingerprint density at radius 1 is 0.765 bits per heavy atom. The molecule has 176 valence electrons. The number of hydrogen-bond acceptors (Lipinski definition) is 0. The smallest absolute Gasteiger partial charge is 1.00 e. The first-order chi connectivity index (χ1) is 14.6. The molecule has 0 nitrogen and oxygen atoms in total. The fraction of sp³-hybridized carbons (Fsp3) is 0.300. The quantitative estimate of drug-likeness (QED) is 0.173. The van der Waals surface area contributed by atoms with Crippen molar-refractivity contribution in [2.24, 2.45) is 0 Å². The van der Waals surface area contributed by atoms with Crippen LogP contribution in [0.3, 0.4) is 0 Å². The minimum atomic E-state index is -0.185. The second-order valence-electron chi connectivity index (χ2n) is 10.4. The SMILES string of the molecule is CC(C)(C)P(c1cc2ccccc2[cH-]1)C(C)(C)C.[Cl-].[Cl-].[Ti+4].[c-]1cccc2c1Cc1ccccc1-2. The fourth-order valence-electron chi connectivity index (χ4n) is 5.04. The van der Waals surface area contributed by atoms with Crippen LogP contribution in [0.2, 0.25) is 0 Å². The summed E-state index contributed by atoms with van der Waals surface area (Å²) in [6.45, 7) is 14.3. The van der Waals surface area contributed by atoms with Crippen LogP contribution >= 0.6 is 7.92 Å². The molecule has 1 aliphatic carbocycles. The monoisotopic (exact) mass is 542 g/mol. The van der Waals surface area contributed by atoms with E-state index in [9.17, 15) is 0 Å². The Balaban J connectivity index is 0.000000323. The van der Waals surface area contributed by atoms with E-state index in [-0.39, 0.29) is 54.5 Å². The molecular weight excluding hydrogens is 510 g/mol. The van der Waals surface area contributed by atoms with Crippen molar-refractivity contribution in [2.75, 3.05) is 0 Å². The van der Waals surface area contributed by atoms with Gasteiger partial charge in [0.05, 0.1) is 0 Å². The third-order valence-corrected chi connectivity index (χ3v) is 9.28. The van der Waals surface area contributed by atoms with E-state index in [2.05, 4.69) is 120 Å². The van der Waals surface area contributed by atoms with Gasteiger partial charge in [0.15, 0.2) is 0 Å². The van der Waals surface area contributed by atoms with Crippen molar-refractivity contribution in [1.82, 2.24) is 0 Å². The van der Waals surface area contributed by atoms with Crippen LogP contribution in [-0.2, 0) is 28.1 Å². The van der Waals surface area contributed by atoms with Gasteiger partial charge in [-0.2, -0.15) is 35.9 Å².